The van der Waals surface area contributed by atoms with Gasteiger partial charge in [0.25, 0.3) is 7.14 Å². The minimum absolute atomic E-state index is 0.00280. The normalized spacial score (nSPS) is 14.0. The van der Waals surface area contributed by atoms with Crippen LogP contribution in [0, 0.1) is 20.8 Å². The monoisotopic (exact) mass is 494 g/mol. The Morgan fingerprint density at radius 2 is 1.25 bits per heavy atom. The van der Waals surface area contributed by atoms with E-state index in [0.717, 1.165) is 27.8 Å². The summed E-state index contributed by atoms with van der Waals surface area (Å²) >= 11 is 0. The van der Waals surface area contributed by atoms with Crippen LogP contribution in [-0.4, -0.2) is 17.8 Å². The van der Waals surface area contributed by atoms with Crippen molar-refractivity contribution in [2.24, 2.45) is 0 Å². The van der Waals surface area contributed by atoms with Gasteiger partial charge in [0.1, 0.15) is 6.61 Å². The van der Waals surface area contributed by atoms with Gasteiger partial charge in [0.05, 0.1) is 0 Å². The molecule has 1 aliphatic carbocycles. The van der Waals surface area contributed by atoms with Gasteiger partial charge < -0.3 is 4.74 Å². The second-order valence-electron chi connectivity index (χ2n) is 9.33. The van der Waals surface area contributed by atoms with Gasteiger partial charge in [-0.25, -0.2) is 4.79 Å². The summed E-state index contributed by atoms with van der Waals surface area (Å²) in [7, 11) is -4.27. The highest BCUT2D eigenvalue weighted by Crippen LogP contribution is 2.52. The number of hydrogen-bond acceptors (Lipinski definition) is 4. The molecule has 0 saturated carbocycles. The van der Waals surface area contributed by atoms with E-state index in [9.17, 15) is 14.2 Å². The third-order valence-electron chi connectivity index (χ3n) is 6.89. The van der Waals surface area contributed by atoms with Gasteiger partial charge in [-0.05, 0) is 54.2 Å². The Kier molecular flexibility index (Phi) is 6.24. The lowest BCUT2D eigenvalue weighted by Gasteiger charge is -2.20. The number of benzene rings is 4. The Morgan fingerprint density at radius 3 is 1.81 bits per heavy atom. The second kappa shape index (κ2) is 9.37. The molecule has 1 aliphatic rings. The highest BCUT2D eigenvalue weighted by molar-refractivity contribution is 8.00. The topological polar surface area (TPSA) is 60.4 Å². The Hall–Kier alpha value is -3.75. The van der Waals surface area contributed by atoms with Crippen LogP contribution < -0.4 is 5.30 Å². The molecule has 180 valence electrons. The summed E-state index contributed by atoms with van der Waals surface area (Å²) in [6.07, 6.45) is 0. The third-order valence-corrected chi connectivity index (χ3v) is 9.35. The fraction of sp³-hybridized carbons (Fsp3) is 0.161. The van der Waals surface area contributed by atoms with Gasteiger partial charge in [-0.1, -0.05) is 96.6 Å². The Morgan fingerprint density at radius 1 is 0.750 bits per heavy atom. The summed E-state index contributed by atoms with van der Waals surface area (Å²) in [5.74, 6) is -0.191. The second-order valence-corrected chi connectivity index (χ2v) is 11.8. The predicted octanol–water partition coefficient (Wildman–Crippen LogP) is 7.39. The molecule has 0 saturated heterocycles. The molecule has 0 aliphatic heterocycles. The average molecular weight is 495 g/mol. The van der Waals surface area contributed by atoms with Crippen molar-refractivity contribution in [2.75, 3.05) is 6.61 Å². The van der Waals surface area contributed by atoms with E-state index >= 15 is 0 Å². The minimum Gasteiger partial charge on any atom is -0.459 e. The maximum atomic E-state index is 14.5. The summed E-state index contributed by atoms with van der Waals surface area (Å²) in [6.45, 7) is 5.56. The molecule has 1 unspecified atom stereocenters. The SMILES string of the molecule is Cc1cc(C)c(C(=O)P(=O)(C(=O)OCC2c3ccccc3-c3ccccc32)c2ccccc2)c(C)c1. The number of carbonyl (C=O) groups excluding carboxylic acids is 2. The molecule has 0 spiro atoms. The number of ether oxygens (including phenoxy) is 1. The lowest BCUT2D eigenvalue weighted by molar-refractivity contribution is 0.107. The molecule has 4 aromatic rings. The molecular weight excluding hydrogens is 467 g/mol. The first-order valence-electron chi connectivity index (χ1n) is 12.0. The maximum Gasteiger partial charge on any atom is 0.376 e. The molecule has 0 aromatic heterocycles. The lowest BCUT2D eigenvalue weighted by atomic mass is 9.98. The highest BCUT2D eigenvalue weighted by Gasteiger charge is 2.45. The summed E-state index contributed by atoms with van der Waals surface area (Å²) in [5, 5.41) is 0.187. The Labute approximate surface area is 211 Å². The lowest BCUT2D eigenvalue weighted by Crippen LogP contribution is -2.23. The van der Waals surface area contributed by atoms with Crippen molar-refractivity contribution in [3.8, 4) is 11.1 Å². The van der Waals surface area contributed by atoms with Crippen LogP contribution in [0.4, 0.5) is 4.79 Å². The average Bonchev–Trinajstić information content (AvgIpc) is 3.20. The minimum atomic E-state index is -4.27. The number of hydrogen-bond donors (Lipinski definition) is 0. The van der Waals surface area contributed by atoms with Crippen molar-refractivity contribution in [1.82, 2.24) is 0 Å². The largest absolute Gasteiger partial charge is 0.459 e. The van der Waals surface area contributed by atoms with Crippen molar-refractivity contribution in [2.45, 2.75) is 26.7 Å². The molecule has 0 fully saturated rings. The van der Waals surface area contributed by atoms with Gasteiger partial charge in [0.15, 0.2) is 0 Å². The highest BCUT2D eigenvalue weighted by atomic mass is 31.2. The molecule has 36 heavy (non-hydrogen) atoms. The van der Waals surface area contributed by atoms with Crippen LogP contribution in [0.5, 0.6) is 0 Å². The van der Waals surface area contributed by atoms with Gasteiger partial charge in [-0.3, -0.25) is 9.36 Å². The molecular formula is C31H27O4P. The predicted molar refractivity (Wildman–Crippen MR) is 144 cm³/mol. The Bertz CT molecular complexity index is 1470. The first-order valence-corrected chi connectivity index (χ1v) is 13.7. The number of aryl methyl sites for hydroxylation is 3. The summed E-state index contributed by atoms with van der Waals surface area (Å²) < 4.78 is 20.3. The van der Waals surface area contributed by atoms with E-state index < -0.39 is 18.4 Å². The van der Waals surface area contributed by atoms with Crippen molar-refractivity contribution in [3.05, 3.63) is 124 Å². The summed E-state index contributed by atoms with van der Waals surface area (Å²) in [6, 6.07) is 28.0. The van der Waals surface area contributed by atoms with Crippen LogP contribution in [-0.2, 0) is 9.30 Å². The van der Waals surface area contributed by atoms with E-state index in [4.69, 9.17) is 4.74 Å². The molecule has 0 N–H and O–H groups in total. The van der Waals surface area contributed by atoms with Gasteiger partial charge in [-0.2, -0.15) is 0 Å². The van der Waals surface area contributed by atoms with Gasteiger partial charge in [0.2, 0.25) is 5.52 Å². The number of carbonyl (C=O) groups is 2. The first kappa shape index (κ1) is 24.0. The van der Waals surface area contributed by atoms with Crippen molar-refractivity contribution in [3.63, 3.8) is 0 Å². The zero-order valence-corrected chi connectivity index (χ0v) is 21.4. The fourth-order valence-electron chi connectivity index (χ4n) is 5.30. The third kappa shape index (κ3) is 3.92. The van der Waals surface area contributed by atoms with E-state index in [1.165, 1.54) is 0 Å². The molecule has 4 nitrogen and oxygen atoms in total. The first-order chi connectivity index (χ1) is 17.3. The standard InChI is InChI=1S/C31H27O4P/c1-20-17-21(2)29(22(3)18-20)30(32)36(34,23-11-5-4-6-12-23)31(33)35-19-28-26-15-9-7-13-24(26)25-14-8-10-16-27(25)28/h4-18,28H,19H2,1-3H3. The molecule has 0 radical (unpaired) electrons. The van der Waals surface area contributed by atoms with Crippen LogP contribution in [0.25, 0.3) is 11.1 Å². The molecule has 5 rings (SSSR count). The molecule has 0 amide bonds. The van der Waals surface area contributed by atoms with Crippen LogP contribution in [0.2, 0.25) is 0 Å². The summed E-state index contributed by atoms with van der Waals surface area (Å²) in [5.41, 5.74) is 5.36. The summed E-state index contributed by atoms with van der Waals surface area (Å²) in [4.78, 5) is 27.5. The van der Waals surface area contributed by atoms with E-state index in [1.807, 2.05) is 55.5 Å². The molecule has 5 heteroatoms. The van der Waals surface area contributed by atoms with Crippen molar-refractivity contribution >= 4 is 23.7 Å². The van der Waals surface area contributed by atoms with Gasteiger partial charge in [0, 0.05) is 16.8 Å². The maximum absolute atomic E-state index is 14.5. The zero-order valence-electron chi connectivity index (χ0n) is 20.5. The smallest absolute Gasteiger partial charge is 0.376 e. The Balaban J connectivity index is 1.52. The van der Waals surface area contributed by atoms with E-state index in [1.54, 1.807) is 44.2 Å². The number of rotatable bonds is 6. The molecule has 4 aromatic carbocycles. The molecule has 0 heterocycles. The van der Waals surface area contributed by atoms with Gasteiger partial charge in [-0.15, -0.1) is 0 Å². The van der Waals surface area contributed by atoms with Crippen LogP contribution in [0.15, 0.2) is 91.0 Å². The van der Waals surface area contributed by atoms with Crippen LogP contribution >= 0.6 is 7.14 Å². The van der Waals surface area contributed by atoms with E-state index in [-0.39, 0.29) is 17.8 Å². The van der Waals surface area contributed by atoms with Crippen LogP contribution in [0.1, 0.15) is 44.1 Å². The van der Waals surface area contributed by atoms with Crippen molar-refractivity contribution in [1.29, 1.82) is 0 Å². The fourth-order valence-corrected chi connectivity index (χ4v) is 7.43. The molecule has 1 atom stereocenters. The number of fused-ring (bicyclic) bond motifs is 3. The zero-order chi connectivity index (χ0) is 25.4. The quantitative estimate of drug-likeness (QED) is 0.262. The van der Waals surface area contributed by atoms with E-state index in [0.29, 0.717) is 16.7 Å². The van der Waals surface area contributed by atoms with E-state index in [2.05, 4.69) is 12.1 Å². The molecule has 0 bridgehead atoms. The van der Waals surface area contributed by atoms with Crippen molar-refractivity contribution < 1.29 is 18.9 Å². The van der Waals surface area contributed by atoms with Crippen LogP contribution in [0.3, 0.4) is 0 Å². The van der Waals surface area contributed by atoms with Gasteiger partial charge >= 0.3 is 5.71 Å².